The quantitative estimate of drug-likeness (QED) is 0.517. The molecule has 2 rings (SSSR count). The Morgan fingerprint density at radius 2 is 1.97 bits per heavy atom. The Labute approximate surface area is 168 Å². The molecule has 0 atom stereocenters. The van der Waals surface area contributed by atoms with Crippen LogP contribution in [0.3, 0.4) is 0 Å². The predicted octanol–water partition coefficient (Wildman–Crippen LogP) is 1.16. The maximum Gasteiger partial charge on any atom is 0.416 e. The van der Waals surface area contributed by atoms with Gasteiger partial charge in [-0.05, 0) is 17.7 Å². The van der Waals surface area contributed by atoms with Gasteiger partial charge in [-0.1, -0.05) is 12.1 Å². The molecule has 1 fully saturated rings. The molecule has 0 aliphatic carbocycles. The Kier molecular flexibility index (Phi) is 8.71. The van der Waals surface area contributed by atoms with Crippen molar-refractivity contribution in [3.63, 3.8) is 0 Å². The molecule has 0 aromatic heterocycles. The van der Waals surface area contributed by atoms with Gasteiger partial charge in [0.05, 0.1) is 31.9 Å². The Hall–Kier alpha value is -2.33. The number of aliphatic imine (C=N–C) groups is 1. The van der Waals surface area contributed by atoms with Crippen LogP contribution in [0.5, 0.6) is 0 Å². The number of morpholine rings is 1. The number of likely N-dealkylation sites (N-methyl/N-ethyl adjacent to an activating group) is 1. The van der Waals surface area contributed by atoms with Gasteiger partial charge in [-0.2, -0.15) is 13.2 Å². The van der Waals surface area contributed by atoms with Gasteiger partial charge >= 0.3 is 6.18 Å². The fourth-order valence-corrected chi connectivity index (χ4v) is 2.67. The van der Waals surface area contributed by atoms with E-state index >= 15 is 0 Å². The van der Waals surface area contributed by atoms with Crippen molar-refractivity contribution < 1.29 is 22.7 Å². The number of nitrogens with one attached hydrogen (secondary N) is 2. The highest BCUT2D eigenvalue weighted by atomic mass is 19.4. The van der Waals surface area contributed by atoms with Crippen molar-refractivity contribution in [2.45, 2.75) is 12.7 Å². The van der Waals surface area contributed by atoms with Crippen LogP contribution in [0.15, 0.2) is 29.3 Å². The van der Waals surface area contributed by atoms with E-state index in [4.69, 9.17) is 4.74 Å². The number of hydrogen-bond acceptors (Lipinski definition) is 4. The van der Waals surface area contributed by atoms with Crippen molar-refractivity contribution in [3.8, 4) is 0 Å². The molecule has 1 amide bonds. The molecule has 1 aliphatic rings. The first-order valence-electron chi connectivity index (χ1n) is 9.44. The van der Waals surface area contributed by atoms with E-state index in [1.807, 2.05) is 0 Å². The molecule has 0 unspecified atom stereocenters. The molecule has 2 N–H and O–H groups in total. The van der Waals surface area contributed by atoms with Gasteiger partial charge in [0.15, 0.2) is 5.96 Å². The van der Waals surface area contributed by atoms with E-state index in [0.29, 0.717) is 31.3 Å². The minimum Gasteiger partial charge on any atom is -0.379 e. The zero-order valence-corrected chi connectivity index (χ0v) is 16.8. The molecule has 7 nitrogen and oxygen atoms in total. The third-order valence-electron chi connectivity index (χ3n) is 4.40. The number of benzene rings is 1. The number of ether oxygens (including phenoxy) is 1. The Balaban J connectivity index is 1.97. The largest absolute Gasteiger partial charge is 0.416 e. The fraction of sp³-hybridized carbons (Fsp3) is 0.579. The fourth-order valence-electron chi connectivity index (χ4n) is 2.67. The topological polar surface area (TPSA) is 69.2 Å². The summed E-state index contributed by atoms with van der Waals surface area (Å²) in [6.07, 6.45) is -4.39. The number of alkyl halides is 3. The predicted molar refractivity (Wildman–Crippen MR) is 105 cm³/mol. The van der Waals surface area contributed by atoms with Gasteiger partial charge in [0.2, 0.25) is 5.91 Å². The molecule has 1 heterocycles. The van der Waals surface area contributed by atoms with E-state index in [2.05, 4.69) is 20.5 Å². The van der Waals surface area contributed by atoms with Crippen LogP contribution in [0.2, 0.25) is 0 Å². The van der Waals surface area contributed by atoms with Crippen LogP contribution in [-0.2, 0) is 22.3 Å². The van der Waals surface area contributed by atoms with Crippen LogP contribution < -0.4 is 10.6 Å². The lowest BCUT2D eigenvalue weighted by Crippen LogP contribution is -2.46. The van der Waals surface area contributed by atoms with Gasteiger partial charge in [0.25, 0.3) is 0 Å². The average Bonchev–Trinajstić information content (AvgIpc) is 2.69. The van der Waals surface area contributed by atoms with Gasteiger partial charge in [0, 0.05) is 40.3 Å². The summed E-state index contributed by atoms with van der Waals surface area (Å²) in [4.78, 5) is 19.9. The van der Waals surface area contributed by atoms with E-state index in [0.717, 1.165) is 31.8 Å². The highest BCUT2D eigenvalue weighted by Crippen LogP contribution is 2.29. The normalized spacial score (nSPS) is 15.8. The number of hydrogen-bond donors (Lipinski definition) is 2. The second kappa shape index (κ2) is 11.0. The molecular weight excluding hydrogens is 387 g/mol. The smallest absolute Gasteiger partial charge is 0.379 e. The van der Waals surface area contributed by atoms with E-state index in [1.54, 1.807) is 20.2 Å². The molecule has 0 bridgehead atoms. The van der Waals surface area contributed by atoms with Gasteiger partial charge in [0.1, 0.15) is 0 Å². The van der Waals surface area contributed by atoms with Crippen LogP contribution in [0.4, 0.5) is 13.2 Å². The van der Waals surface area contributed by atoms with Gasteiger partial charge in [-0.25, -0.2) is 4.99 Å². The maximum absolute atomic E-state index is 12.9. The van der Waals surface area contributed by atoms with E-state index in [9.17, 15) is 18.0 Å². The first-order chi connectivity index (χ1) is 13.8. The summed E-state index contributed by atoms with van der Waals surface area (Å²) in [5.41, 5.74) is -0.268. The summed E-state index contributed by atoms with van der Waals surface area (Å²) < 4.78 is 44.0. The molecule has 0 saturated carbocycles. The minimum atomic E-state index is -4.39. The molecule has 1 aliphatic heterocycles. The lowest BCUT2D eigenvalue weighted by Gasteiger charge is -2.26. The number of carbonyl (C=O) groups is 1. The first-order valence-corrected chi connectivity index (χ1v) is 9.44. The van der Waals surface area contributed by atoms with Crippen LogP contribution >= 0.6 is 0 Å². The summed E-state index contributed by atoms with van der Waals surface area (Å²) in [5.74, 6) is 0.248. The maximum atomic E-state index is 12.9. The molecule has 1 aromatic rings. The lowest BCUT2D eigenvalue weighted by atomic mass is 10.1. The van der Waals surface area contributed by atoms with Crippen molar-refractivity contribution in [1.29, 1.82) is 0 Å². The standard InChI is InChI=1S/C19H28F3N5O2/c1-26(2)17(28)14-25-18(23-6-7-27-8-10-29-11-9-27)24-13-15-4-3-5-16(12-15)19(20,21)22/h3-5,12H,6-11,13-14H2,1-2H3,(H2,23,24,25). The third-order valence-corrected chi connectivity index (χ3v) is 4.40. The summed E-state index contributed by atoms with van der Waals surface area (Å²) in [6, 6.07) is 5.07. The molecule has 1 saturated heterocycles. The Morgan fingerprint density at radius 1 is 1.24 bits per heavy atom. The van der Waals surface area contributed by atoms with Gasteiger partial charge < -0.3 is 20.3 Å². The van der Waals surface area contributed by atoms with Crippen molar-refractivity contribution in [2.75, 3.05) is 60.0 Å². The molecular formula is C19H28F3N5O2. The van der Waals surface area contributed by atoms with E-state index in [1.165, 1.54) is 11.0 Å². The number of halogens is 3. The van der Waals surface area contributed by atoms with E-state index < -0.39 is 11.7 Å². The molecule has 162 valence electrons. The van der Waals surface area contributed by atoms with Crippen LogP contribution in [0, 0.1) is 0 Å². The highest BCUT2D eigenvalue weighted by Gasteiger charge is 2.30. The van der Waals surface area contributed by atoms with Crippen molar-refractivity contribution in [1.82, 2.24) is 20.4 Å². The number of guanidine groups is 1. The second-order valence-corrected chi connectivity index (χ2v) is 6.89. The number of carbonyl (C=O) groups excluding carboxylic acids is 1. The lowest BCUT2D eigenvalue weighted by molar-refractivity contribution is -0.137. The number of nitrogens with zero attached hydrogens (tertiary/aromatic N) is 3. The monoisotopic (exact) mass is 415 g/mol. The minimum absolute atomic E-state index is 0.0407. The SMILES string of the molecule is CN(C)C(=O)CNC(=NCc1cccc(C(F)(F)F)c1)NCCN1CCOCC1. The van der Waals surface area contributed by atoms with Crippen molar-refractivity contribution in [3.05, 3.63) is 35.4 Å². The van der Waals surface area contributed by atoms with Crippen LogP contribution in [0.1, 0.15) is 11.1 Å². The average molecular weight is 415 g/mol. The summed E-state index contributed by atoms with van der Waals surface area (Å²) in [6.45, 7) is 4.57. The van der Waals surface area contributed by atoms with Crippen molar-refractivity contribution in [2.24, 2.45) is 4.99 Å². The van der Waals surface area contributed by atoms with Crippen LogP contribution in [-0.4, -0.2) is 81.7 Å². The summed E-state index contributed by atoms with van der Waals surface area (Å²) in [7, 11) is 3.30. The Bertz CT molecular complexity index is 689. The molecule has 29 heavy (non-hydrogen) atoms. The zero-order chi connectivity index (χ0) is 21.3. The third kappa shape index (κ3) is 8.28. The highest BCUT2D eigenvalue weighted by molar-refractivity contribution is 5.86. The molecule has 10 heteroatoms. The summed E-state index contributed by atoms with van der Waals surface area (Å²) in [5, 5.41) is 6.08. The van der Waals surface area contributed by atoms with Gasteiger partial charge in [-0.15, -0.1) is 0 Å². The first kappa shape index (κ1) is 23.0. The van der Waals surface area contributed by atoms with Gasteiger partial charge in [-0.3, -0.25) is 9.69 Å². The zero-order valence-electron chi connectivity index (χ0n) is 16.8. The summed E-state index contributed by atoms with van der Waals surface area (Å²) >= 11 is 0. The van der Waals surface area contributed by atoms with Crippen molar-refractivity contribution >= 4 is 11.9 Å². The molecule has 1 aromatic carbocycles. The number of amides is 1. The number of rotatable bonds is 7. The van der Waals surface area contributed by atoms with Crippen LogP contribution in [0.25, 0.3) is 0 Å². The van der Waals surface area contributed by atoms with E-state index in [-0.39, 0.29) is 19.0 Å². The Morgan fingerprint density at radius 3 is 2.62 bits per heavy atom. The molecule has 0 spiro atoms. The molecule has 0 radical (unpaired) electrons. The second-order valence-electron chi connectivity index (χ2n) is 6.89.